The van der Waals surface area contributed by atoms with E-state index in [0.717, 1.165) is 6.92 Å². The Morgan fingerprint density at radius 1 is 0.800 bits per heavy atom. The van der Waals surface area contributed by atoms with Crippen molar-refractivity contribution < 1.29 is 17.6 Å². The molecule has 25 heavy (non-hydrogen) atoms. The first-order chi connectivity index (χ1) is 11.8. The van der Waals surface area contributed by atoms with Crippen molar-refractivity contribution in [2.45, 2.75) is 56.8 Å². The van der Waals surface area contributed by atoms with E-state index < -0.39 is 23.7 Å². The molecule has 2 aromatic rings. The fourth-order valence-electron chi connectivity index (χ4n) is 4.07. The van der Waals surface area contributed by atoms with Gasteiger partial charge < -0.3 is 0 Å². The van der Waals surface area contributed by atoms with Crippen LogP contribution in [0.1, 0.15) is 50.7 Å². The molecule has 2 aromatic carbocycles. The van der Waals surface area contributed by atoms with E-state index in [1.165, 1.54) is 0 Å². The van der Waals surface area contributed by atoms with E-state index in [1.807, 2.05) is 6.92 Å². The van der Waals surface area contributed by atoms with Crippen LogP contribution < -0.4 is 0 Å². The van der Waals surface area contributed by atoms with Gasteiger partial charge in [-0.3, -0.25) is 0 Å². The minimum absolute atomic E-state index is 0.000116. The maximum absolute atomic E-state index is 15.5. The van der Waals surface area contributed by atoms with Crippen LogP contribution in [0.2, 0.25) is 0 Å². The van der Waals surface area contributed by atoms with Gasteiger partial charge in [0.25, 0.3) is 0 Å². The van der Waals surface area contributed by atoms with Gasteiger partial charge in [0, 0.05) is 6.42 Å². The predicted octanol–water partition coefficient (Wildman–Crippen LogP) is 6.82. The lowest BCUT2D eigenvalue weighted by atomic mass is 9.67. The molecule has 0 nitrogen and oxygen atoms in total. The van der Waals surface area contributed by atoms with Crippen LogP contribution in [0.25, 0.3) is 11.1 Å². The fraction of sp³-hybridized carbons (Fsp3) is 0.429. The largest absolute Gasteiger partial charge is 0.323 e. The highest BCUT2D eigenvalue weighted by molar-refractivity contribution is 5.81. The molecule has 0 aliphatic heterocycles. The third-order valence-corrected chi connectivity index (χ3v) is 5.41. The molecule has 0 fully saturated rings. The molecule has 0 unspecified atom stereocenters. The normalized spacial score (nSPS) is 15.8. The molecule has 0 heterocycles. The summed E-state index contributed by atoms with van der Waals surface area (Å²) in [5.74, 6) is -8.25. The summed E-state index contributed by atoms with van der Waals surface area (Å²) < 4.78 is 60.0. The first-order valence-corrected chi connectivity index (χ1v) is 8.78. The van der Waals surface area contributed by atoms with Crippen molar-refractivity contribution in [3.8, 4) is 11.1 Å². The third-order valence-electron chi connectivity index (χ3n) is 5.41. The maximum Gasteiger partial charge on any atom is 0.323 e. The smallest absolute Gasteiger partial charge is 0.200 e. The lowest BCUT2D eigenvalue weighted by Crippen LogP contribution is -2.56. The van der Waals surface area contributed by atoms with Crippen LogP contribution in [-0.4, -0.2) is 11.8 Å². The van der Waals surface area contributed by atoms with Crippen LogP contribution in [0.3, 0.4) is 0 Å². The van der Waals surface area contributed by atoms with Crippen LogP contribution in [0, 0.1) is 0 Å². The average molecular weight is 350 g/mol. The van der Waals surface area contributed by atoms with E-state index in [-0.39, 0.29) is 6.42 Å². The standard InChI is InChI=1S/C21H22F4/c1-3-5-14-19(21(24,25)20(22,23)4-2)17-12-8-6-10-15(17)16-11-7-9-13-18(16)19/h6-13H,3-5,14H2,1-2H3. The van der Waals surface area contributed by atoms with Crippen molar-refractivity contribution >= 4 is 0 Å². The molecule has 0 amide bonds. The Labute approximate surface area is 145 Å². The summed E-state index contributed by atoms with van der Waals surface area (Å²) >= 11 is 0. The summed E-state index contributed by atoms with van der Waals surface area (Å²) in [5.41, 5.74) is -0.0671. The number of fused-ring (bicyclic) bond motifs is 3. The monoisotopic (exact) mass is 350 g/mol. The zero-order chi connectivity index (χ0) is 18.3. The van der Waals surface area contributed by atoms with Crippen LogP contribution in [0.15, 0.2) is 48.5 Å². The molecular weight excluding hydrogens is 328 g/mol. The van der Waals surface area contributed by atoms with Crippen LogP contribution in [-0.2, 0) is 5.41 Å². The van der Waals surface area contributed by atoms with Gasteiger partial charge in [-0.2, -0.15) is 17.6 Å². The summed E-state index contributed by atoms with van der Waals surface area (Å²) in [7, 11) is 0. The molecule has 1 aliphatic rings. The molecule has 3 rings (SSSR count). The van der Waals surface area contributed by atoms with Crippen LogP contribution >= 0.6 is 0 Å². The zero-order valence-corrected chi connectivity index (χ0v) is 14.5. The van der Waals surface area contributed by atoms with E-state index in [2.05, 4.69) is 0 Å². The van der Waals surface area contributed by atoms with Crippen LogP contribution in [0.4, 0.5) is 17.6 Å². The average Bonchev–Trinajstić information content (AvgIpc) is 2.91. The minimum Gasteiger partial charge on any atom is -0.200 e. The molecule has 1 aliphatic carbocycles. The van der Waals surface area contributed by atoms with Gasteiger partial charge in [-0.1, -0.05) is 75.2 Å². The molecule has 134 valence electrons. The van der Waals surface area contributed by atoms with Gasteiger partial charge in [0.1, 0.15) is 0 Å². The molecular formula is C21H22F4. The molecule has 0 radical (unpaired) electrons. The van der Waals surface area contributed by atoms with Gasteiger partial charge in [0.05, 0.1) is 5.41 Å². The topological polar surface area (TPSA) is 0 Å². The fourth-order valence-corrected chi connectivity index (χ4v) is 4.07. The van der Waals surface area contributed by atoms with Crippen molar-refractivity contribution in [1.82, 2.24) is 0 Å². The lowest BCUT2D eigenvalue weighted by molar-refractivity contribution is -0.240. The molecule has 0 N–H and O–H groups in total. The van der Waals surface area contributed by atoms with Crippen molar-refractivity contribution in [1.29, 1.82) is 0 Å². The van der Waals surface area contributed by atoms with Crippen LogP contribution in [0.5, 0.6) is 0 Å². The second-order valence-corrected chi connectivity index (χ2v) is 6.73. The maximum atomic E-state index is 15.5. The molecule has 0 bridgehead atoms. The highest BCUT2D eigenvalue weighted by Crippen LogP contribution is 2.62. The second kappa shape index (κ2) is 6.15. The summed E-state index contributed by atoms with van der Waals surface area (Å²) in [6, 6.07) is 13.5. The molecule has 0 atom stereocenters. The second-order valence-electron chi connectivity index (χ2n) is 6.73. The Morgan fingerprint density at radius 3 is 1.72 bits per heavy atom. The quantitative estimate of drug-likeness (QED) is 0.501. The van der Waals surface area contributed by atoms with E-state index in [1.54, 1.807) is 48.5 Å². The van der Waals surface area contributed by atoms with E-state index >= 15 is 8.78 Å². The SMILES string of the molecule is CCCCC1(C(F)(F)C(F)(F)CC)c2ccccc2-c2ccccc21. The summed E-state index contributed by atoms with van der Waals surface area (Å²) in [6.07, 6.45) is 0.232. The Bertz CT molecular complexity index is 718. The van der Waals surface area contributed by atoms with Gasteiger partial charge in [0.15, 0.2) is 0 Å². The van der Waals surface area contributed by atoms with E-state index in [0.29, 0.717) is 35.1 Å². The molecule has 0 saturated carbocycles. The van der Waals surface area contributed by atoms with Gasteiger partial charge in [-0.05, 0) is 28.7 Å². The Morgan fingerprint density at radius 2 is 1.28 bits per heavy atom. The van der Waals surface area contributed by atoms with Crippen molar-refractivity contribution in [3.63, 3.8) is 0 Å². The summed E-state index contributed by atoms with van der Waals surface area (Å²) in [4.78, 5) is 0. The van der Waals surface area contributed by atoms with Gasteiger partial charge in [0.2, 0.25) is 0 Å². The number of hydrogen-bond acceptors (Lipinski definition) is 0. The number of halogens is 4. The highest BCUT2D eigenvalue weighted by atomic mass is 19.3. The predicted molar refractivity (Wildman–Crippen MR) is 92.4 cm³/mol. The Kier molecular flexibility index (Phi) is 4.42. The van der Waals surface area contributed by atoms with Gasteiger partial charge >= 0.3 is 11.8 Å². The molecule has 0 saturated heterocycles. The first kappa shape index (κ1) is 18.0. The van der Waals surface area contributed by atoms with Gasteiger partial charge in [-0.25, -0.2) is 0 Å². The zero-order valence-electron chi connectivity index (χ0n) is 14.5. The van der Waals surface area contributed by atoms with Crippen molar-refractivity contribution in [2.24, 2.45) is 0 Å². The van der Waals surface area contributed by atoms with E-state index in [4.69, 9.17) is 0 Å². The Balaban J connectivity index is 2.36. The van der Waals surface area contributed by atoms with Crippen molar-refractivity contribution in [3.05, 3.63) is 59.7 Å². The highest BCUT2D eigenvalue weighted by Gasteiger charge is 2.70. The number of alkyl halides is 4. The summed E-state index contributed by atoms with van der Waals surface area (Å²) in [5, 5.41) is 0. The third kappa shape index (κ3) is 2.33. The number of rotatable bonds is 6. The lowest BCUT2D eigenvalue weighted by Gasteiger charge is -2.43. The summed E-state index contributed by atoms with van der Waals surface area (Å²) in [6.45, 7) is 3.00. The number of unbranched alkanes of at least 4 members (excludes halogenated alkanes) is 1. The minimum atomic E-state index is -4.17. The molecule has 4 heteroatoms. The number of hydrogen-bond donors (Lipinski definition) is 0. The molecule has 0 aromatic heterocycles. The van der Waals surface area contributed by atoms with Gasteiger partial charge in [-0.15, -0.1) is 0 Å². The Hall–Kier alpha value is -1.84. The first-order valence-electron chi connectivity index (χ1n) is 8.78. The van der Waals surface area contributed by atoms with Crippen molar-refractivity contribution in [2.75, 3.05) is 0 Å². The van der Waals surface area contributed by atoms with E-state index in [9.17, 15) is 8.78 Å². The number of benzene rings is 2. The molecule has 0 spiro atoms.